The first-order valence-corrected chi connectivity index (χ1v) is 18.3. The first-order valence-electron chi connectivity index (χ1n) is 18.3. The molecule has 0 bridgehead atoms. The summed E-state index contributed by atoms with van der Waals surface area (Å²) in [6.45, 7) is 16.2. The molecular weight excluding hydrogens is 636 g/mol. The lowest BCUT2D eigenvalue weighted by Crippen LogP contribution is -2.65. The van der Waals surface area contributed by atoms with Crippen molar-refractivity contribution in [3.63, 3.8) is 0 Å². The van der Waals surface area contributed by atoms with E-state index in [-0.39, 0.29) is 54.1 Å². The molecule has 0 radical (unpaired) electrons. The Morgan fingerprint density at radius 1 is 0.860 bits per heavy atom. The van der Waals surface area contributed by atoms with E-state index in [0.717, 1.165) is 6.42 Å². The fraction of sp³-hybridized carbons (Fsp3) is 0.683. The van der Waals surface area contributed by atoms with Crippen LogP contribution in [-0.4, -0.2) is 89.1 Å². The zero-order chi connectivity index (χ0) is 37.6. The van der Waals surface area contributed by atoms with E-state index in [1.807, 2.05) is 77.2 Å². The van der Waals surface area contributed by atoms with E-state index < -0.39 is 42.3 Å². The van der Waals surface area contributed by atoms with Gasteiger partial charge in [-0.2, -0.15) is 0 Å². The van der Waals surface area contributed by atoms with Crippen LogP contribution in [0, 0.1) is 35.5 Å². The molecule has 4 unspecified atom stereocenters. The van der Waals surface area contributed by atoms with Gasteiger partial charge in [-0.3, -0.25) is 4.79 Å². The Bertz CT molecular complexity index is 1200. The average molecular weight is 703 g/mol. The van der Waals surface area contributed by atoms with Crippen molar-refractivity contribution >= 4 is 5.97 Å². The zero-order valence-electron chi connectivity index (χ0n) is 32.0. The second-order valence-corrected chi connectivity index (χ2v) is 14.7. The van der Waals surface area contributed by atoms with Crippen LogP contribution < -0.4 is 0 Å². The smallest absolute Gasteiger partial charge is 0.306 e. The number of carboxylic acid groups (broad SMARTS) is 1. The maximum absolute atomic E-state index is 11.5. The predicted molar refractivity (Wildman–Crippen MR) is 198 cm³/mol. The summed E-state index contributed by atoms with van der Waals surface area (Å²) >= 11 is 0. The average Bonchev–Trinajstić information content (AvgIpc) is 3.09. The van der Waals surface area contributed by atoms with Gasteiger partial charge in [-0.25, -0.2) is 0 Å². The Balaban J connectivity index is 2.10. The summed E-state index contributed by atoms with van der Waals surface area (Å²) < 4.78 is 24.6. The Morgan fingerprint density at radius 2 is 1.40 bits per heavy atom. The van der Waals surface area contributed by atoms with Gasteiger partial charge < -0.3 is 39.4 Å². The molecule has 0 aromatic rings. The minimum Gasteiger partial charge on any atom is -0.481 e. The van der Waals surface area contributed by atoms with Gasteiger partial charge in [-0.15, -0.1) is 0 Å². The quantitative estimate of drug-likeness (QED) is 0.0899. The zero-order valence-corrected chi connectivity index (χ0v) is 32.0. The Labute approximate surface area is 301 Å². The monoisotopic (exact) mass is 702 g/mol. The second-order valence-electron chi connectivity index (χ2n) is 14.7. The van der Waals surface area contributed by atoms with Crippen molar-refractivity contribution in [2.75, 3.05) is 14.2 Å². The highest BCUT2D eigenvalue weighted by Gasteiger charge is 2.57. The molecule has 2 heterocycles. The molecule has 2 rings (SSSR count). The first-order chi connectivity index (χ1) is 23.6. The molecular formula is C41H66O9. The number of aliphatic hydroxyl groups excluding tert-OH is 3. The largest absolute Gasteiger partial charge is 0.481 e. The van der Waals surface area contributed by atoms with Gasteiger partial charge in [-0.1, -0.05) is 114 Å². The number of allylic oxidation sites excluding steroid dienone is 10. The van der Waals surface area contributed by atoms with Crippen LogP contribution in [-0.2, 0) is 23.7 Å². The van der Waals surface area contributed by atoms with E-state index in [9.17, 15) is 20.1 Å². The van der Waals surface area contributed by atoms with Crippen LogP contribution in [0.5, 0.6) is 0 Å². The van der Waals surface area contributed by atoms with Gasteiger partial charge >= 0.3 is 5.97 Å². The number of aliphatic carboxylic acids is 1. The molecule has 0 saturated carbocycles. The molecule has 2 aliphatic heterocycles. The maximum Gasteiger partial charge on any atom is 0.306 e. The van der Waals surface area contributed by atoms with E-state index in [1.165, 1.54) is 12.7 Å². The fourth-order valence-electron chi connectivity index (χ4n) is 7.42. The summed E-state index contributed by atoms with van der Waals surface area (Å²) in [6, 6.07) is 0. The third kappa shape index (κ3) is 12.4. The third-order valence-electron chi connectivity index (χ3n) is 10.8. The highest BCUT2D eigenvalue weighted by atomic mass is 16.7. The van der Waals surface area contributed by atoms with E-state index in [0.29, 0.717) is 12.8 Å². The number of carboxylic acids is 1. The highest BCUT2D eigenvalue weighted by molar-refractivity contribution is 5.67. The van der Waals surface area contributed by atoms with Crippen molar-refractivity contribution in [2.24, 2.45) is 35.5 Å². The van der Waals surface area contributed by atoms with Crippen molar-refractivity contribution in [1.29, 1.82) is 0 Å². The summed E-state index contributed by atoms with van der Waals surface area (Å²) in [5, 5.41) is 43.3. The van der Waals surface area contributed by atoms with Gasteiger partial charge in [0.1, 0.15) is 6.10 Å². The summed E-state index contributed by atoms with van der Waals surface area (Å²) in [7, 11) is 3.16. The Hall–Kier alpha value is -2.37. The van der Waals surface area contributed by atoms with Gasteiger partial charge in [0.15, 0.2) is 5.79 Å². The van der Waals surface area contributed by atoms with Crippen molar-refractivity contribution < 1.29 is 44.2 Å². The molecule has 284 valence electrons. The molecule has 9 heteroatoms. The maximum atomic E-state index is 11.5. The van der Waals surface area contributed by atoms with E-state index in [2.05, 4.69) is 26.8 Å². The number of methoxy groups -OCH3 is 2. The van der Waals surface area contributed by atoms with Gasteiger partial charge in [-0.05, 0) is 38.5 Å². The Morgan fingerprint density at radius 3 is 1.94 bits per heavy atom. The number of aliphatic hydroxyl groups is 3. The van der Waals surface area contributed by atoms with Crippen LogP contribution >= 0.6 is 0 Å². The van der Waals surface area contributed by atoms with Crippen molar-refractivity contribution in [3.8, 4) is 0 Å². The topological polar surface area (TPSA) is 135 Å². The molecule has 4 N–H and O–H groups in total. The predicted octanol–water partition coefficient (Wildman–Crippen LogP) is 6.80. The second kappa shape index (κ2) is 21.2. The minimum atomic E-state index is -1.30. The van der Waals surface area contributed by atoms with Crippen LogP contribution in [0.25, 0.3) is 0 Å². The van der Waals surface area contributed by atoms with Crippen molar-refractivity contribution in [1.82, 2.24) is 0 Å². The van der Waals surface area contributed by atoms with Gasteiger partial charge in [0.25, 0.3) is 0 Å². The first kappa shape index (κ1) is 43.8. The van der Waals surface area contributed by atoms with Crippen LogP contribution in [0.15, 0.2) is 72.4 Å². The van der Waals surface area contributed by atoms with E-state index in [4.69, 9.17) is 24.1 Å². The molecule has 0 amide bonds. The van der Waals surface area contributed by atoms with Crippen LogP contribution in [0.2, 0.25) is 0 Å². The molecule has 9 nitrogen and oxygen atoms in total. The van der Waals surface area contributed by atoms with Gasteiger partial charge in [0.2, 0.25) is 0 Å². The normalized spacial score (nSPS) is 32.7. The third-order valence-corrected chi connectivity index (χ3v) is 10.8. The lowest BCUT2D eigenvalue weighted by atomic mass is 9.74. The molecule has 0 aromatic heterocycles. The van der Waals surface area contributed by atoms with Gasteiger partial charge in [0, 0.05) is 44.3 Å². The standard InChI is InChI=1S/C41H66O9/c1-11-26(2)22-28(4)38(46)32(8)40-30(6)34(48-10)25-41(50-40)35(42)23-29(5)39(49-41)31(7)37(45)27(3)20-18-16-14-12-13-15-17-19-21-33(47-9)24-36(43)44/h11-21,27-35,37-40,42,45-46H,22-25H2,1-10H3,(H,43,44)/b13-12-,16-14+,17-15+,20-18-,21-19-,26-11+/t27-,28-,29?,30?,31-,32+,33+,34?,35?,37-,38-,39-,40-,41+/m0/s1. The lowest BCUT2D eigenvalue weighted by molar-refractivity contribution is -0.391. The molecule has 0 aromatic carbocycles. The van der Waals surface area contributed by atoms with Crippen LogP contribution in [0.4, 0.5) is 0 Å². The van der Waals surface area contributed by atoms with E-state index in [1.54, 1.807) is 25.3 Å². The van der Waals surface area contributed by atoms with Crippen LogP contribution in [0.3, 0.4) is 0 Å². The molecule has 1 spiro atoms. The number of rotatable bonds is 18. The number of hydrogen-bond donors (Lipinski definition) is 4. The summed E-state index contributed by atoms with van der Waals surface area (Å²) in [5.74, 6) is -2.87. The minimum absolute atomic E-state index is 0.0174. The molecule has 14 atom stereocenters. The fourth-order valence-corrected chi connectivity index (χ4v) is 7.42. The molecule has 50 heavy (non-hydrogen) atoms. The molecule has 2 fully saturated rings. The van der Waals surface area contributed by atoms with Crippen molar-refractivity contribution in [3.05, 3.63) is 72.4 Å². The SMILES string of the molecule is C/C=C(\C)C[C@H](C)[C@H](O)[C@@H](C)[C@H]1O[C@@]2(CC(OC)C1C)O[C@H]([C@@H](C)[C@@H](O)[C@@H](C)\C=C/C=C/C=C\C=C\C=C/[C@H](CC(=O)O)OC)C(C)CC2O. The van der Waals surface area contributed by atoms with Crippen LogP contribution in [0.1, 0.15) is 81.1 Å². The highest BCUT2D eigenvalue weighted by Crippen LogP contribution is 2.47. The summed E-state index contributed by atoms with van der Waals surface area (Å²) in [5.41, 5.74) is 1.23. The summed E-state index contributed by atoms with van der Waals surface area (Å²) in [4.78, 5) is 10.8. The molecule has 2 saturated heterocycles. The lowest BCUT2D eigenvalue weighted by Gasteiger charge is -2.56. The molecule has 2 aliphatic rings. The number of ether oxygens (including phenoxy) is 4. The Kier molecular flexibility index (Phi) is 18.6. The molecule has 0 aliphatic carbocycles. The van der Waals surface area contributed by atoms with Gasteiger partial charge in [0.05, 0.1) is 43.0 Å². The number of hydrogen-bond acceptors (Lipinski definition) is 8. The van der Waals surface area contributed by atoms with Crippen molar-refractivity contribution in [2.45, 2.75) is 130 Å². The van der Waals surface area contributed by atoms with E-state index >= 15 is 0 Å². The summed E-state index contributed by atoms with van der Waals surface area (Å²) in [6.07, 6.45) is 18.4. The number of carbonyl (C=O) groups is 1.